The molecule has 0 radical (unpaired) electrons. The summed E-state index contributed by atoms with van der Waals surface area (Å²) >= 11 is 3.54. The van der Waals surface area contributed by atoms with Crippen molar-refractivity contribution in [2.45, 2.75) is 18.0 Å². The molecule has 3 aromatic rings. The highest BCUT2D eigenvalue weighted by Gasteiger charge is 2.07. The summed E-state index contributed by atoms with van der Waals surface area (Å²) in [6.07, 6.45) is 0. The third-order valence-corrected chi connectivity index (χ3v) is 5.46. The molecule has 27 heavy (non-hydrogen) atoms. The minimum Gasteiger partial charge on any atom is -0.488 e. The van der Waals surface area contributed by atoms with Gasteiger partial charge < -0.3 is 10.1 Å². The molecule has 0 fully saturated rings. The Bertz CT molecular complexity index is 1010. The van der Waals surface area contributed by atoms with Crippen molar-refractivity contribution in [3.05, 3.63) is 88.4 Å². The monoisotopic (exact) mass is 446 g/mol. The quantitative estimate of drug-likeness (QED) is 0.566. The molecule has 0 amide bonds. The van der Waals surface area contributed by atoms with Crippen LogP contribution in [0, 0.1) is 0 Å². The number of hydrogen-bond donors (Lipinski definition) is 2. The summed E-state index contributed by atoms with van der Waals surface area (Å²) in [4.78, 5) is 0.0933. The molecule has 0 bridgehead atoms. The zero-order chi connectivity index (χ0) is 19.3. The lowest BCUT2D eigenvalue weighted by Crippen LogP contribution is -2.12. The topological polar surface area (TPSA) is 81.4 Å². The third kappa shape index (κ3) is 5.56. The third-order valence-electron chi connectivity index (χ3n) is 3.91. The van der Waals surface area contributed by atoms with Crippen molar-refractivity contribution >= 4 is 31.6 Å². The van der Waals surface area contributed by atoms with Gasteiger partial charge in [-0.15, -0.1) is 0 Å². The molecule has 0 saturated carbocycles. The average molecular weight is 447 g/mol. The number of benzene rings is 3. The van der Waals surface area contributed by atoms with E-state index < -0.39 is 10.0 Å². The second-order valence-electron chi connectivity index (χ2n) is 5.96. The summed E-state index contributed by atoms with van der Waals surface area (Å²) in [6.45, 7) is 1.10. The molecule has 0 aliphatic rings. The van der Waals surface area contributed by atoms with Gasteiger partial charge in [0.2, 0.25) is 10.0 Å². The molecule has 3 rings (SSSR count). The van der Waals surface area contributed by atoms with Crippen LogP contribution in [-0.4, -0.2) is 8.42 Å². The summed E-state index contributed by atoms with van der Waals surface area (Å²) in [5.41, 5.74) is 2.98. The Labute approximate surface area is 167 Å². The number of halogens is 1. The minimum absolute atomic E-state index is 0.0933. The molecule has 0 atom stereocenters. The SMILES string of the molecule is NS(=O)(=O)c1ccc(NCc2ccc(OCc3ccccc3)c(Br)c2)cc1. The summed E-state index contributed by atoms with van der Waals surface area (Å²) in [5.74, 6) is 0.778. The lowest BCUT2D eigenvalue weighted by Gasteiger charge is -2.11. The molecule has 3 aromatic carbocycles. The van der Waals surface area contributed by atoms with Crippen LogP contribution >= 0.6 is 15.9 Å². The fraction of sp³-hybridized carbons (Fsp3) is 0.100. The average Bonchev–Trinajstić information content (AvgIpc) is 2.66. The number of ether oxygens (including phenoxy) is 1. The number of sulfonamides is 1. The van der Waals surface area contributed by atoms with E-state index in [4.69, 9.17) is 9.88 Å². The highest BCUT2D eigenvalue weighted by atomic mass is 79.9. The largest absolute Gasteiger partial charge is 0.488 e. The van der Waals surface area contributed by atoms with Crippen molar-refractivity contribution in [3.8, 4) is 5.75 Å². The predicted octanol–water partition coefficient (Wildman–Crippen LogP) is 4.29. The van der Waals surface area contributed by atoms with E-state index in [0.29, 0.717) is 13.2 Å². The summed E-state index contributed by atoms with van der Waals surface area (Å²) in [5, 5.41) is 8.35. The Kier molecular flexibility index (Phi) is 6.15. The zero-order valence-electron chi connectivity index (χ0n) is 14.4. The van der Waals surface area contributed by atoms with Crippen LogP contribution in [0.25, 0.3) is 0 Å². The van der Waals surface area contributed by atoms with Gasteiger partial charge in [-0.3, -0.25) is 0 Å². The predicted molar refractivity (Wildman–Crippen MR) is 110 cm³/mol. The maximum Gasteiger partial charge on any atom is 0.238 e. The second-order valence-corrected chi connectivity index (χ2v) is 8.38. The Morgan fingerprint density at radius 1 is 0.926 bits per heavy atom. The van der Waals surface area contributed by atoms with Gasteiger partial charge in [-0.05, 0) is 63.5 Å². The van der Waals surface area contributed by atoms with Crippen LogP contribution in [0.4, 0.5) is 5.69 Å². The van der Waals surface area contributed by atoms with Crippen molar-refractivity contribution in [3.63, 3.8) is 0 Å². The van der Waals surface area contributed by atoms with E-state index in [1.54, 1.807) is 12.1 Å². The molecule has 140 valence electrons. The van der Waals surface area contributed by atoms with Crippen molar-refractivity contribution in [1.29, 1.82) is 0 Å². The number of anilines is 1. The Hall–Kier alpha value is -2.35. The van der Waals surface area contributed by atoms with E-state index in [-0.39, 0.29) is 4.90 Å². The van der Waals surface area contributed by atoms with Crippen molar-refractivity contribution in [2.24, 2.45) is 5.14 Å². The van der Waals surface area contributed by atoms with Gasteiger partial charge in [0.05, 0.1) is 9.37 Å². The van der Waals surface area contributed by atoms with Crippen molar-refractivity contribution in [2.75, 3.05) is 5.32 Å². The molecule has 3 N–H and O–H groups in total. The first-order valence-corrected chi connectivity index (χ1v) is 10.6. The molecule has 0 unspecified atom stereocenters. The molecular formula is C20H19BrN2O3S. The van der Waals surface area contributed by atoms with Crippen LogP contribution in [0.3, 0.4) is 0 Å². The van der Waals surface area contributed by atoms with E-state index in [2.05, 4.69) is 21.2 Å². The van der Waals surface area contributed by atoms with Crippen LogP contribution in [0.15, 0.2) is 82.2 Å². The van der Waals surface area contributed by atoms with E-state index in [9.17, 15) is 8.42 Å². The molecule has 0 aliphatic heterocycles. The highest BCUT2D eigenvalue weighted by Crippen LogP contribution is 2.27. The van der Waals surface area contributed by atoms with Gasteiger partial charge in [-0.1, -0.05) is 36.4 Å². The Morgan fingerprint density at radius 2 is 1.63 bits per heavy atom. The summed E-state index contributed by atoms with van der Waals surface area (Å²) in [6, 6.07) is 22.2. The van der Waals surface area contributed by atoms with Crippen LogP contribution in [0.1, 0.15) is 11.1 Å². The maximum absolute atomic E-state index is 11.3. The Balaban J connectivity index is 1.59. The normalized spacial score (nSPS) is 11.2. The van der Waals surface area contributed by atoms with Gasteiger partial charge in [0.15, 0.2) is 0 Å². The fourth-order valence-corrected chi connectivity index (χ4v) is 3.53. The molecule has 0 aliphatic carbocycles. The Morgan fingerprint density at radius 3 is 2.26 bits per heavy atom. The molecule has 5 nitrogen and oxygen atoms in total. The number of nitrogens with two attached hydrogens (primary N) is 1. The lowest BCUT2D eigenvalue weighted by molar-refractivity contribution is 0.304. The van der Waals surface area contributed by atoms with Crippen LogP contribution in [0.2, 0.25) is 0 Å². The van der Waals surface area contributed by atoms with Gasteiger partial charge in [-0.25, -0.2) is 13.6 Å². The van der Waals surface area contributed by atoms with Crippen LogP contribution < -0.4 is 15.2 Å². The second kappa shape index (κ2) is 8.56. The van der Waals surface area contributed by atoms with Gasteiger partial charge in [0.25, 0.3) is 0 Å². The lowest BCUT2D eigenvalue weighted by atomic mass is 10.2. The van der Waals surface area contributed by atoms with Crippen LogP contribution in [-0.2, 0) is 23.2 Å². The van der Waals surface area contributed by atoms with Gasteiger partial charge in [0, 0.05) is 12.2 Å². The first kappa shape index (κ1) is 19.4. The van der Waals surface area contributed by atoms with E-state index in [1.807, 2.05) is 48.5 Å². The standard InChI is InChI=1S/C20H19BrN2O3S/c21-19-12-16(6-11-20(19)26-14-15-4-2-1-3-5-15)13-23-17-7-9-18(10-8-17)27(22,24)25/h1-12,23H,13-14H2,(H2,22,24,25). The number of nitrogens with one attached hydrogen (secondary N) is 1. The fourth-order valence-electron chi connectivity index (χ4n) is 2.47. The van der Waals surface area contributed by atoms with Crippen LogP contribution in [0.5, 0.6) is 5.75 Å². The molecule has 0 saturated heterocycles. The summed E-state index contributed by atoms with van der Waals surface area (Å²) < 4.78 is 29.3. The first-order chi connectivity index (χ1) is 12.9. The van der Waals surface area contributed by atoms with Crippen molar-refractivity contribution < 1.29 is 13.2 Å². The van der Waals surface area contributed by atoms with Crippen molar-refractivity contribution in [1.82, 2.24) is 0 Å². The van der Waals surface area contributed by atoms with Gasteiger partial charge >= 0.3 is 0 Å². The van der Waals surface area contributed by atoms with E-state index in [1.165, 1.54) is 12.1 Å². The number of rotatable bonds is 7. The first-order valence-electron chi connectivity index (χ1n) is 8.24. The molecular weight excluding hydrogens is 428 g/mol. The number of primary sulfonamides is 1. The highest BCUT2D eigenvalue weighted by molar-refractivity contribution is 9.10. The minimum atomic E-state index is -3.67. The smallest absolute Gasteiger partial charge is 0.238 e. The summed E-state index contributed by atoms with van der Waals surface area (Å²) in [7, 11) is -3.67. The molecule has 0 aromatic heterocycles. The molecule has 7 heteroatoms. The van der Waals surface area contributed by atoms with E-state index in [0.717, 1.165) is 27.0 Å². The molecule has 0 heterocycles. The zero-order valence-corrected chi connectivity index (χ0v) is 16.8. The number of hydrogen-bond acceptors (Lipinski definition) is 4. The van der Waals surface area contributed by atoms with E-state index >= 15 is 0 Å². The van der Waals surface area contributed by atoms with Gasteiger partial charge in [0.1, 0.15) is 12.4 Å². The van der Waals surface area contributed by atoms with Gasteiger partial charge in [-0.2, -0.15) is 0 Å². The molecule has 0 spiro atoms. The maximum atomic E-state index is 11.3.